The van der Waals surface area contributed by atoms with E-state index in [0.29, 0.717) is 18.8 Å². The Labute approximate surface area is 164 Å². The predicted octanol–water partition coefficient (Wildman–Crippen LogP) is 3.65. The highest BCUT2D eigenvalue weighted by molar-refractivity contribution is 5.93. The number of imidazole rings is 1. The number of methoxy groups -OCH3 is 1. The van der Waals surface area contributed by atoms with Gasteiger partial charge in [-0.2, -0.15) is 0 Å². The Bertz CT molecular complexity index is 951. The van der Waals surface area contributed by atoms with E-state index < -0.39 is 0 Å². The van der Waals surface area contributed by atoms with Gasteiger partial charge in [0.15, 0.2) is 5.69 Å². The molecule has 0 bridgehead atoms. The molecule has 3 aromatic rings. The number of rotatable bonds is 5. The summed E-state index contributed by atoms with van der Waals surface area (Å²) in [5, 5.41) is 3.02. The van der Waals surface area contributed by atoms with Crippen LogP contribution in [0.3, 0.4) is 0 Å². The average Bonchev–Trinajstić information content (AvgIpc) is 3.18. The highest BCUT2D eigenvalue weighted by atomic mass is 16.5. The maximum atomic E-state index is 12.8. The van der Waals surface area contributed by atoms with Gasteiger partial charge in [0.1, 0.15) is 11.9 Å². The van der Waals surface area contributed by atoms with Gasteiger partial charge in [0.2, 0.25) is 0 Å². The molecule has 2 heterocycles. The number of hydrogen-bond donors (Lipinski definition) is 1. The molecule has 2 aromatic carbocycles. The minimum atomic E-state index is -0.196. The van der Waals surface area contributed by atoms with Crippen molar-refractivity contribution in [2.45, 2.75) is 32.2 Å². The van der Waals surface area contributed by atoms with Crippen molar-refractivity contribution < 1.29 is 14.3 Å². The van der Waals surface area contributed by atoms with E-state index in [1.165, 1.54) is 0 Å². The van der Waals surface area contributed by atoms with Gasteiger partial charge in [0, 0.05) is 0 Å². The number of hydrogen-bond acceptors (Lipinski definition) is 4. The van der Waals surface area contributed by atoms with Gasteiger partial charge in [0.25, 0.3) is 5.91 Å². The maximum absolute atomic E-state index is 12.8. The number of aromatic nitrogens is 2. The van der Waals surface area contributed by atoms with Crippen molar-refractivity contribution in [2.24, 2.45) is 0 Å². The van der Waals surface area contributed by atoms with Gasteiger partial charge in [-0.25, -0.2) is 4.98 Å². The molecule has 1 N–H and O–H groups in total. The lowest BCUT2D eigenvalue weighted by atomic mass is 10.1. The molecule has 0 radical (unpaired) electrons. The summed E-state index contributed by atoms with van der Waals surface area (Å²) in [5.74, 6) is 0.592. The number of fused-ring (bicyclic) bond motifs is 1. The van der Waals surface area contributed by atoms with Gasteiger partial charge in [0.05, 0.1) is 38.3 Å². The van der Waals surface area contributed by atoms with Crippen molar-refractivity contribution in [3.05, 3.63) is 83.4 Å². The van der Waals surface area contributed by atoms with Crippen molar-refractivity contribution >= 4 is 5.91 Å². The van der Waals surface area contributed by atoms with Crippen LogP contribution in [0.5, 0.6) is 5.75 Å². The average molecular weight is 377 g/mol. The van der Waals surface area contributed by atoms with Crippen LogP contribution < -0.4 is 10.1 Å². The second kappa shape index (κ2) is 7.86. The van der Waals surface area contributed by atoms with E-state index in [0.717, 1.165) is 22.6 Å². The molecular weight excluding hydrogens is 354 g/mol. The molecule has 1 aromatic heterocycles. The van der Waals surface area contributed by atoms with E-state index >= 15 is 0 Å². The number of carbonyl (C=O) groups excluding carboxylic acids is 1. The van der Waals surface area contributed by atoms with Crippen LogP contribution in [0.25, 0.3) is 0 Å². The molecule has 2 atom stereocenters. The molecule has 0 saturated heterocycles. The second-order valence-electron chi connectivity index (χ2n) is 6.87. The smallest absolute Gasteiger partial charge is 0.272 e. The Balaban J connectivity index is 1.45. The monoisotopic (exact) mass is 377 g/mol. The topological polar surface area (TPSA) is 65.4 Å². The first-order valence-corrected chi connectivity index (χ1v) is 9.31. The lowest BCUT2D eigenvalue weighted by molar-refractivity contribution is 0.00256. The first-order chi connectivity index (χ1) is 13.7. The number of ether oxygens (including phenoxy) is 2. The van der Waals surface area contributed by atoms with E-state index in [4.69, 9.17) is 9.47 Å². The lowest BCUT2D eigenvalue weighted by Gasteiger charge is -2.25. The van der Waals surface area contributed by atoms with Crippen LogP contribution in [0.4, 0.5) is 0 Å². The van der Waals surface area contributed by atoms with E-state index in [2.05, 4.69) is 22.4 Å². The summed E-state index contributed by atoms with van der Waals surface area (Å²) in [4.78, 5) is 17.1. The van der Waals surface area contributed by atoms with Crippen LogP contribution in [0.15, 0.2) is 60.9 Å². The number of amides is 1. The molecule has 6 heteroatoms. The third-order valence-corrected chi connectivity index (χ3v) is 5.08. The quantitative estimate of drug-likeness (QED) is 0.737. The molecule has 4 rings (SSSR count). The van der Waals surface area contributed by atoms with Crippen LogP contribution >= 0.6 is 0 Å². The summed E-state index contributed by atoms with van der Waals surface area (Å²) in [5.41, 5.74) is 3.36. The Hall–Kier alpha value is -3.12. The fourth-order valence-corrected chi connectivity index (χ4v) is 3.43. The normalized spacial score (nSPS) is 16.9. The predicted molar refractivity (Wildman–Crippen MR) is 105 cm³/mol. The summed E-state index contributed by atoms with van der Waals surface area (Å²) in [6.45, 7) is 2.96. The molecule has 1 aliphatic heterocycles. The minimum Gasteiger partial charge on any atom is -0.497 e. The van der Waals surface area contributed by atoms with Crippen molar-refractivity contribution in [3.8, 4) is 5.75 Å². The summed E-state index contributed by atoms with van der Waals surface area (Å²) in [6.07, 6.45) is 1.69. The van der Waals surface area contributed by atoms with Crippen LogP contribution in [-0.2, 0) is 17.9 Å². The fourth-order valence-electron chi connectivity index (χ4n) is 3.43. The summed E-state index contributed by atoms with van der Waals surface area (Å²) in [6, 6.07) is 17.6. The molecule has 0 spiro atoms. The molecule has 1 aliphatic rings. The zero-order valence-electron chi connectivity index (χ0n) is 16.0. The molecule has 2 unspecified atom stereocenters. The van der Waals surface area contributed by atoms with E-state index in [-0.39, 0.29) is 18.1 Å². The van der Waals surface area contributed by atoms with Gasteiger partial charge in [-0.05, 0) is 30.2 Å². The molecule has 0 aliphatic carbocycles. The Morgan fingerprint density at radius 3 is 2.68 bits per heavy atom. The SMILES string of the molecule is COc1ccc(C(C)NC(=O)c2ncn3c2COC(c2ccccc2)C3)cc1. The molecule has 6 nitrogen and oxygen atoms in total. The molecule has 144 valence electrons. The van der Waals surface area contributed by atoms with Crippen molar-refractivity contribution in [1.29, 1.82) is 0 Å². The number of nitrogens with one attached hydrogen (secondary N) is 1. The third kappa shape index (κ3) is 3.64. The van der Waals surface area contributed by atoms with E-state index in [9.17, 15) is 4.79 Å². The standard InChI is InChI=1S/C22H23N3O3/c1-15(16-8-10-18(27-2)11-9-16)24-22(26)21-19-13-28-20(12-25(19)14-23-21)17-6-4-3-5-7-17/h3-11,14-15,20H,12-13H2,1-2H3,(H,24,26). The highest BCUT2D eigenvalue weighted by Crippen LogP contribution is 2.28. The van der Waals surface area contributed by atoms with E-state index in [1.54, 1.807) is 13.4 Å². The zero-order valence-corrected chi connectivity index (χ0v) is 16.0. The van der Waals surface area contributed by atoms with Gasteiger partial charge in [-0.15, -0.1) is 0 Å². The number of carbonyl (C=O) groups is 1. The van der Waals surface area contributed by atoms with Crippen LogP contribution in [0.2, 0.25) is 0 Å². The summed E-state index contributed by atoms with van der Waals surface area (Å²) < 4.78 is 13.2. The Kier molecular flexibility index (Phi) is 5.12. The fraction of sp³-hybridized carbons (Fsp3) is 0.273. The molecule has 0 saturated carbocycles. The van der Waals surface area contributed by atoms with Crippen molar-refractivity contribution in [1.82, 2.24) is 14.9 Å². The van der Waals surface area contributed by atoms with Gasteiger partial charge < -0.3 is 19.4 Å². The lowest BCUT2D eigenvalue weighted by Crippen LogP contribution is -2.29. The Morgan fingerprint density at radius 1 is 1.21 bits per heavy atom. The second-order valence-corrected chi connectivity index (χ2v) is 6.87. The molecular formula is C22H23N3O3. The first kappa shape index (κ1) is 18.3. The van der Waals surface area contributed by atoms with Gasteiger partial charge in [-0.3, -0.25) is 4.79 Å². The Morgan fingerprint density at radius 2 is 1.96 bits per heavy atom. The summed E-state index contributed by atoms with van der Waals surface area (Å²) in [7, 11) is 1.63. The molecule has 28 heavy (non-hydrogen) atoms. The largest absolute Gasteiger partial charge is 0.497 e. The van der Waals surface area contributed by atoms with Gasteiger partial charge in [-0.1, -0.05) is 42.5 Å². The minimum absolute atomic E-state index is 0.0305. The highest BCUT2D eigenvalue weighted by Gasteiger charge is 2.26. The van der Waals surface area contributed by atoms with Crippen LogP contribution in [0, 0.1) is 0 Å². The maximum Gasteiger partial charge on any atom is 0.272 e. The van der Waals surface area contributed by atoms with Crippen LogP contribution in [0.1, 0.15) is 46.4 Å². The number of benzene rings is 2. The first-order valence-electron chi connectivity index (χ1n) is 9.31. The van der Waals surface area contributed by atoms with E-state index in [1.807, 2.05) is 54.0 Å². The van der Waals surface area contributed by atoms with Gasteiger partial charge >= 0.3 is 0 Å². The van der Waals surface area contributed by atoms with Crippen molar-refractivity contribution in [2.75, 3.05) is 7.11 Å². The zero-order chi connectivity index (χ0) is 19.5. The molecule has 0 fully saturated rings. The molecule has 1 amide bonds. The summed E-state index contributed by atoms with van der Waals surface area (Å²) >= 11 is 0. The van der Waals surface area contributed by atoms with Crippen molar-refractivity contribution in [3.63, 3.8) is 0 Å². The van der Waals surface area contributed by atoms with Crippen LogP contribution in [-0.4, -0.2) is 22.6 Å². The third-order valence-electron chi connectivity index (χ3n) is 5.08. The number of nitrogens with zero attached hydrogens (tertiary/aromatic N) is 2.